The molecule has 1 saturated heterocycles. The number of amides is 1. The SMILES string of the molecule is CC(C)N1CCC[C@H](CCNC(=O)Cc2noc3ccccc23)C1. The average molecular weight is 329 g/mol. The summed E-state index contributed by atoms with van der Waals surface area (Å²) in [5.41, 5.74) is 1.45. The summed E-state index contributed by atoms with van der Waals surface area (Å²) in [7, 11) is 0. The lowest BCUT2D eigenvalue weighted by Crippen LogP contribution is -2.41. The van der Waals surface area contributed by atoms with E-state index in [0.29, 0.717) is 17.7 Å². The number of carbonyl (C=O) groups excluding carboxylic acids is 1. The van der Waals surface area contributed by atoms with Gasteiger partial charge in [-0.3, -0.25) is 4.79 Å². The molecule has 24 heavy (non-hydrogen) atoms. The van der Waals surface area contributed by atoms with E-state index in [0.717, 1.165) is 30.5 Å². The zero-order chi connectivity index (χ0) is 16.9. The van der Waals surface area contributed by atoms with Gasteiger partial charge < -0.3 is 14.7 Å². The maximum atomic E-state index is 12.2. The van der Waals surface area contributed by atoms with Crippen LogP contribution in [0.5, 0.6) is 0 Å². The molecule has 0 radical (unpaired) electrons. The van der Waals surface area contributed by atoms with Crippen LogP contribution in [0.3, 0.4) is 0 Å². The molecule has 1 N–H and O–H groups in total. The smallest absolute Gasteiger partial charge is 0.226 e. The van der Waals surface area contributed by atoms with Gasteiger partial charge in [0, 0.05) is 24.5 Å². The molecule has 1 fully saturated rings. The van der Waals surface area contributed by atoms with Crippen LogP contribution in [0.2, 0.25) is 0 Å². The summed E-state index contributed by atoms with van der Waals surface area (Å²) in [5, 5.41) is 7.98. The van der Waals surface area contributed by atoms with Crippen molar-refractivity contribution in [2.24, 2.45) is 5.92 Å². The molecule has 1 aromatic heterocycles. The van der Waals surface area contributed by atoms with E-state index in [-0.39, 0.29) is 12.3 Å². The van der Waals surface area contributed by atoms with E-state index in [1.807, 2.05) is 24.3 Å². The maximum Gasteiger partial charge on any atom is 0.226 e. The summed E-state index contributed by atoms with van der Waals surface area (Å²) in [6, 6.07) is 8.26. The molecular weight excluding hydrogens is 302 g/mol. The van der Waals surface area contributed by atoms with Gasteiger partial charge in [-0.05, 0) is 57.7 Å². The molecule has 2 aromatic rings. The summed E-state index contributed by atoms with van der Waals surface area (Å²) in [5.74, 6) is 0.708. The zero-order valence-corrected chi connectivity index (χ0v) is 14.6. The first-order chi connectivity index (χ1) is 11.6. The van der Waals surface area contributed by atoms with E-state index in [1.165, 1.54) is 19.4 Å². The Labute approximate surface area is 143 Å². The predicted octanol–water partition coefficient (Wildman–Crippen LogP) is 3.00. The molecule has 1 aliphatic rings. The maximum absolute atomic E-state index is 12.2. The van der Waals surface area contributed by atoms with Gasteiger partial charge in [-0.15, -0.1) is 0 Å². The highest BCUT2D eigenvalue weighted by Crippen LogP contribution is 2.21. The third kappa shape index (κ3) is 4.15. The lowest BCUT2D eigenvalue weighted by molar-refractivity contribution is -0.120. The second-order valence-corrected chi connectivity index (χ2v) is 7.04. The molecule has 0 bridgehead atoms. The quantitative estimate of drug-likeness (QED) is 0.885. The van der Waals surface area contributed by atoms with Gasteiger partial charge in [-0.1, -0.05) is 17.3 Å². The minimum atomic E-state index is 0.0191. The van der Waals surface area contributed by atoms with E-state index in [4.69, 9.17) is 4.52 Å². The number of fused-ring (bicyclic) bond motifs is 1. The molecule has 130 valence electrons. The average Bonchev–Trinajstić information content (AvgIpc) is 2.98. The number of nitrogens with one attached hydrogen (secondary N) is 1. The number of benzene rings is 1. The van der Waals surface area contributed by atoms with Gasteiger partial charge in [0.05, 0.1) is 6.42 Å². The van der Waals surface area contributed by atoms with E-state index >= 15 is 0 Å². The van der Waals surface area contributed by atoms with Crippen LogP contribution in [-0.4, -0.2) is 41.6 Å². The third-order valence-electron chi connectivity index (χ3n) is 4.94. The van der Waals surface area contributed by atoms with Crippen LogP contribution in [0, 0.1) is 5.92 Å². The summed E-state index contributed by atoms with van der Waals surface area (Å²) < 4.78 is 5.25. The van der Waals surface area contributed by atoms with Gasteiger partial charge in [-0.2, -0.15) is 0 Å². The van der Waals surface area contributed by atoms with E-state index in [1.54, 1.807) is 0 Å². The molecule has 5 nitrogen and oxygen atoms in total. The highest BCUT2D eigenvalue weighted by Gasteiger charge is 2.21. The van der Waals surface area contributed by atoms with Gasteiger partial charge in [0.1, 0.15) is 5.69 Å². The minimum absolute atomic E-state index is 0.0191. The number of hydrogen-bond donors (Lipinski definition) is 1. The van der Waals surface area contributed by atoms with Crippen LogP contribution in [-0.2, 0) is 11.2 Å². The second kappa shape index (κ2) is 7.79. The van der Waals surface area contributed by atoms with Crippen LogP contribution in [0.25, 0.3) is 11.0 Å². The zero-order valence-electron chi connectivity index (χ0n) is 14.6. The van der Waals surface area contributed by atoms with Crippen molar-refractivity contribution in [3.05, 3.63) is 30.0 Å². The van der Waals surface area contributed by atoms with Crippen molar-refractivity contribution in [1.29, 1.82) is 0 Å². The van der Waals surface area contributed by atoms with Crippen LogP contribution in [0.4, 0.5) is 0 Å². The largest absolute Gasteiger partial charge is 0.356 e. The van der Waals surface area contributed by atoms with Gasteiger partial charge in [-0.25, -0.2) is 0 Å². The predicted molar refractivity (Wildman–Crippen MR) is 94.8 cm³/mol. The van der Waals surface area contributed by atoms with Crippen LogP contribution in [0.1, 0.15) is 38.8 Å². The molecule has 0 unspecified atom stereocenters. The van der Waals surface area contributed by atoms with Crippen molar-refractivity contribution in [3.63, 3.8) is 0 Å². The number of piperidine rings is 1. The fraction of sp³-hybridized carbons (Fsp3) is 0.579. The Morgan fingerprint density at radius 1 is 1.42 bits per heavy atom. The number of likely N-dealkylation sites (tertiary alicyclic amines) is 1. The summed E-state index contributed by atoms with van der Waals surface area (Å²) in [6.45, 7) is 7.62. The van der Waals surface area contributed by atoms with Crippen LogP contribution in [0.15, 0.2) is 28.8 Å². The Morgan fingerprint density at radius 3 is 3.08 bits per heavy atom. The van der Waals surface area contributed by atoms with Crippen LogP contribution >= 0.6 is 0 Å². The Morgan fingerprint density at radius 2 is 2.25 bits per heavy atom. The number of nitrogens with zero attached hydrogens (tertiary/aromatic N) is 2. The topological polar surface area (TPSA) is 58.4 Å². The molecule has 0 saturated carbocycles. The molecule has 1 atom stereocenters. The van der Waals surface area contributed by atoms with Gasteiger partial charge in [0.25, 0.3) is 0 Å². The molecule has 5 heteroatoms. The second-order valence-electron chi connectivity index (χ2n) is 7.04. The number of aromatic nitrogens is 1. The third-order valence-corrected chi connectivity index (χ3v) is 4.94. The number of rotatable bonds is 6. The summed E-state index contributed by atoms with van der Waals surface area (Å²) in [4.78, 5) is 14.7. The van der Waals surface area contributed by atoms with Crippen molar-refractivity contribution < 1.29 is 9.32 Å². The standard InChI is InChI=1S/C19H27N3O2/c1-14(2)22-11-5-6-15(13-22)9-10-20-19(23)12-17-16-7-3-4-8-18(16)24-21-17/h3-4,7-8,14-15H,5-6,9-13H2,1-2H3,(H,20,23)/t15-/m1/s1. The van der Waals surface area contributed by atoms with Crippen molar-refractivity contribution in [3.8, 4) is 0 Å². The number of carbonyl (C=O) groups is 1. The first kappa shape index (κ1) is 17.0. The number of hydrogen-bond acceptors (Lipinski definition) is 4. The summed E-state index contributed by atoms with van der Waals surface area (Å²) >= 11 is 0. The van der Waals surface area contributed by atoms with Crippen molar-refractivity contribution in [2.45, 2.75) is 45.6 Å². The van der Waals surface area contributed by atoms with Gasteiger partial charge in [0.15, 0.2) is 5.58 Å². The Balaban J connectivity index is 1.44. The Bertz CT molecular complexity index is 680. The Hall–Kier alpha value is -1.88. The monoisotopic (exact) mass is 329 g/mol. The molecule has 2 heterocycles. The van der Waals surface area contributed by atoms with E-state index < -0.39 is 0 Å². The normalized spacial score (nSPS) is 19.0. The van der Waals surface area contributed by atoms with Crippen molar-refractivity contribution >= 4 is 16.9 Å². The van der Waals surface area contributed by atoms with E-state index in [9.17, 15) is 4.79 Å². The highest BCUT2D eigenvalue weighted by atomic mass is 16.5. The van der Waals surface area contributed by atoms with Crippen LogP contribution < -0.4 is 5.32 Å². The van der Waals surface area contributed by atoms with Crippen molar-refractivity contribution in [1.82, 2.24) is 15.4 Å². The lowest BCUT2D eigenvalue weighted by Gasteiger charge is -2.35. The first-order valence-electron chi connectivity index (χ1n) is 8.97. The molecular formula is C19H27N3O2. The molecule has 1 aliphatic heterocycles. The van der Waals surface area contributed by atoms with Crippen molar-refractivity contribution in [2.75, 3.05) is 19.6 Å². The molecule has 0 aliphatic carbocycles. The fourth-order valence-electron chi connectivity index (χ4n) is 3.50. The molecule has 0 spiro atoms. The van der Waals surface area contributed by atoms with E-state index in [2.05, 4.69) is 29.2 Å². The lowest BCUT2D eigenvalue weighted by atomic mass is 9.94. The molecule has 3 rings (SSSR count). The van der Waals surface area contributed by atoms with Gasteiger partial charge in [0.2, 0.25) is 5.91 Å². The molecule has 1 amide bonds. The first-order valence-corrected chi connectivity index (χ1v) is 8.97. The summed E-state index contributed by atoms with van der Waals surface area (Å²) in [6.07, 6.45) is 3.86. The Kier molecular flexibility index (Phi) is 5.51. The fourth-order valence-corrected chi connectivity index (χ4v) is 3.50. The highest BCUT2D eigenvalue weighted by molar-refractivity contribution is 5.86. The minimum Gasteiger partial charge on any atom is -0.356 e. The molecule has 1 aromatic carbocycles. The number of para-hydroxylation sites is 1. The van der Waals surface area contributed by atoms with Gasteiger partial charge >= 0.3 is 0 Å².